The number of hydrogen-bond acceptors (Lipinski definition) is 1. The summed E-state index contributed by atoms with van der Waals surface area (Å²) >= 11 is 15.4. The van der Waals surface area contributed by atoms with E-state index >= 15 is 0 Å². The van der Waals surface area contributed by atoms with Crippen LogP contribution in [0.1, 0.15) is 5.56 Å². The van der Waals surface area contributed by atoms with Crippen molar-refractivity contribution < 1.29 is 4.74 Å². The number of alkyl halides is 1. The molecule has 0 radical (unpaired) electrons. The minimum absolute atomic E-state index is 0.585. The van der Waals surface area contributed by atoms with Crippen molar-refractivity contribution in [3.8, 4) is 11.5 Å². The first-order chi connectivity index (χ1) is 8.19. The maximum atomic E-state index is 6.12. The fourth-order valence-corrected chi connectivity index (χ4v) is 2.14. The quantitative estimate of drug-likeness (QED) is 0.657. The summed E-state index contributed by atoms with van der Waals surface area (Å²) in [5.74, 6) is 1.30. The van der Waals surface area contributed by atoms with Crippen LogP contribution in [-0.4, -0.2) is 0 Å². The highest BCUT2D eigenvalue weighted by Crippen LogP contribution is 2.31. The van der Waals surface area contributed by atoms with Gasteiger partial charge in [0.25, 0.3) is 0 Å². The molecule has 1 nitrogen and oxygen atoms in total. The Morgan fingerprint density at radius 3 is 2.53 bits per heavy atom. The Hall–Kier alpha value is -0.700. The highest BCUT2D eigenvalue weighted by Gasteiger charge is 2.04. The molecule has 2 rings (SSSR count). The molecule has 0 atom stereocenters. The third-order valence-electron chi connectivity index (χ3n) is 2.17. The fraction of sp³-hybridized carbons (Fsp3) is 0.0769. The molecular weight excluding hydrogens is 323 g/mol. The van der Waals surface area contributed by atoms with Gasteiger partial charge in [-0.1, -0.05) is 51.3 Å². The third-order valence-corrected chi connectivity index (χ3v) is 3.35. The maximum absolute atomic E-state index is 6.12. The second kappa shape index (κ2) is 5.76. The van der Waals surface area contributed by atoms with E-state index in [0.29, 0.717) is 21.5 Å². The van der Waals surface area contributed by atoms with Crippen molar-refractivity contribution in [1.29, 1.82) is 0 Å². The molecule has 0 bridgehead atoms. The molecule has 0 aromatic heterocycles. The number of rotatable bonds is 3. The molecule has 0 fully saturated rings. The molecule has 88 valence electrons. The number of hydrogen-bond donors (Lipinski definition) is 0. The average molecular weight is 332 g/mol. The molecule has 0 N–H and O–H groups in total. The van der Waals surface area contributed by atoms with Gasteiger partial charge in [-0.25, -0.2) is 0 Å². The predicted octanol–water partition coefficient (Wildman–Crippen LogP) is 5.68. The van der Waals surface area contributed by atoms with Crippen LogP contribution >= 0.6 is 39.1 Å². The van der Waals surface area contributed by atoms with Crippen LogP contribution in [0.3, 0.4) is 0 Å². The molecule has 2 aromatic rings. The molecular formula is C13H9BrCl2O. The molecule has 17 heavy (non-hydrogen) atoms. The third kappa shape index (κ3) is 3.38. The Balaban J connectivity index is 2.24. The van der Waals surface area contributed by atoms with Gasteiger partial charge in [0.15, 0.2) is 0 Å². The van der Waals surface area contributed by atoms with Gasteiger partial charge in [-0.2, -0.15) is 0 Å². The molecule has 0 amide bonds. The van der Waals surface area contributed by atoms with Crippen LogP contribution in [0.5, 0.6) is 11.5 Å². The molecule has 0 saturated heterocycles. The topological polar surface area (TPSA) is 9.23 Å². The van der Waals surface area contributed by atoms with Crippen LogP contribution in [0.25, 0.3) is 0 Å². The number of halogens is 3. The van der Waals surface area contributed by atoms with Crippen molar-refractivity contribution in [2.45, 2.75) is 5.33 Å². The molecule has 4 heteroatoms. The van der Waals surface area contributed by atoms with E-state index in [1.54, 1.807) is 12.1 Å². The predicted molar refractivity (Wildman–Crippen MR) is 75.6 cm³/mol. The lowest BCUT2D eigenvalue weighted by atomic mass is 10.2. The van der Waals surface area contributed by atoms with Crippen LogP contribution in [-0.2, 0) is 5.33 Å². The highest BCUT2D eigenvalue weighted by atomic mass is 79.9. The number of ether oxygens (including phenoxy) is 1. The molecule has 0 saturated carbocycles. The average Bonchev–Trinajstić information content (AvgIpc) is 2.32. The molecule has 0 unspecified atom stereocenters. The van der Waals surface area contributed by atoms with Crippen LogP contribution in [0.15, 0.2) is 42.5 Å². The lowest BCUT2D eigenvalue weighted by Gasteiger charge is -2.08. The maximum Gasteiger partial charge on any atom is 0.146 e. The summed E-state index contributed by atoms with van der Waals surface area (Å²) < 4.78 is 5.66. The minimum atomic E-state index is 0.585. The van der Waals surface area contributed by atoms with Crippen molar-refractivity contribution in [3.63, 3.8) is 0 Å². The minimum Gasteiger partial charge on any atom is -0.456 e. The van der Waals surface area contributed by atoms with Crippen molar-refractivity contribution in [2.75, 3.05) is 0 Å². The van der Waals surface area contributed by atoms with Gasteiger partial charge < -0.3 is 4.74 Å². The van der Waals surface area contributed by atoms with E-state index in [-0.39, 0.29) is 0 Å². The van der Waals surface area contributed by atoms with Crippen LogP contribution in [0.4, 0.5) is 0 Å². The zero-order chi connectivity index (χ0) is 12.3. The first kappa shape index (κ1) is 12.7. The zero-order valence-corrected chi connectivity index (χ0v) is 11.9. The van der Waals surface area contributed by atoms with E-state index in [1.165, 1.54) is 0 Å². The SMILES string of the molecule is Clc1cccc(Oc2ccc(CBr)cc2Cl)c1. The second-order valence-corrected chi connectivity index (χ2v) is 4.86. The Kier molecular flexibility index (Phi) is 4.32. The van der Waals surface area contributed by atoms with Gasteiger partial charge in [-0.05, 0) is 35.9 Å². The van der Waals surface area contributed by atoms with Crippen LogP contribution in [0, 0.1) is 0 Å². The van der Waals surface area contributed by atoms with Gasteiger partial charge in [0.05, 0.1) is 5.02 Å². The zero-order valence-electron chi connectivity index (χ0n) is 8.79. The lowest BCUT2D eigenvalue weighted by Crippen LogP contribution is -1.86. The van der Waals surface area contributed by atoms with Crippen molar-refractivity contribution >= 4 is 39.1 Å². The summed E-state index contributed by atoms with van der Waals surface area (Å²) in [5, 5.41) is 1.99. The summed E-state index contributed by atoms with van der Waals surface area (Å²) in [6, 6.07) is 12.9. The van der Waals surface area contributed by atoms with E-state index in [0.717, 1.165) is 10.9 Å². The molecule has 0 aliphatic heterocycles. The van der Waals surface area contributed by atoms with Crippen molar-refractivity contribution in [3.05, 3.63) is 58.1 Å². The van der Waals surface area contributed by atoms with Crippen LogP contribution in [0.2, 0.25) is 10.0 Å². The van der Waals surface area contributed by atoms with Crippen molar-refractivity contribution in [1.82, 2.24) is 0 Å². The summed E-state index contributed by atoms with van der Waals surface area (Å²) in [5.41, 5.74) is 1.11. The lowest BCUT2D eigenvalue weighted by molar-refractivity contribution is 0.483. The molecule has 0 heterocycles. The Morgan fingerprint density at radius 1 is 1.06 bits per heavy atom. The van der Waals surface area contributed by atoms with Crippen molar-refractivity contribution in [2.24, 2.45) is 0 Å². The van der Waals surface area contributed by atoms with E-state index in [2.05, 4.69) is 15.9 Å². The van der Waals surface area contributed by atoms with E-state index < -0.39 is 0 Å². The van der Waals surface area contributed by atoms with Gasteiger partial charge in [0.2, 0.25) is 0 Å². The number of benzene rings is 2. The van der Waals surface area contributed by atoms with Gasteiger partial charge in [0.1, 0.15) is 11.5 Å². The Bertz CT molecular complexity index is 529. The van der Waals surface area contributed by atoms with Gasteiger partial charge >= 0.3 is 0 Å². The van der Waals surface area contributed by atoms with E-state index in [4.69, 9.17) is 27.9 Å². The summed E-state index contributed by atoms with van der Waals surface area (Å²) in [6.45, 7) is 0. The molecule has 0 aliphatic carbocycles. The summed E-state index contributed by atoms with van der Waals surface area (Å²) in [4.78, 5) is 0. The largest absolute Gasteiger partial charge is 0.456 e. The standard InChI is InChI=1S/C13H9BrCl2O/c14-8-9-4-5-13(12(16)6-9)17-11-3-1-2-10(15)7-11/h1-7H,8H2. The molecule has 0 aliphatic rings. The summed E-state index contributed by atoms with van der Waals surface area (Å²) in [6.07, 6.45) is 0. The smallest absolute Gasteiger partial charge is 0.146 e. The second-order valence-electron chi connectivity index (χ2n) is 3.46. The van der Waals surface area contributed by atoms with E-state index in [1.807, 2.05) is 30.3 Å². The fourth-order valence-electron chi connectivity index (χ4n) is 1.37. The van der Waals surface area contributed by atoms with Gasteiger partial charge in [0, 0.05) is 10.4 Å². The molecule has 2 aromatic carbocycles. The normalized spacial score (nSPS) is 10.3. The highest BCUT2D eigenvalue weighted by molar-refractivity contribution is 9.08. The van der Waals surface area contributed by atoms with Gasteiger partial charge in [-0.15, -0.1) is 0 Å². The Morgan fingerprint density at radius 2 is 1.88 bits per heavy atom. The summed E-state index contributed by atoms with van der Waals surface area (Å²) in [7, 11) is 0. The first-order valence-electron chi connectivity index (χ1n) is 4.97. The van der Waals surface area contributed by atoms with Gasteiger partial charge in [-0.3, -0.25) is 0 Å². The molecule has 0 spiro atoms. The van der Waals surface area contributed by atoms with Crippen LogP contribution < -0.4 is 4.74 Å². The monoisotopic (exact) mass is 330 g/mol. The Labute approximate surface area is 118 Å². The first-order valence-corrected chi connectivity index (χ1v) is 6.84. The van der Waals surface area contributed by atoms with E-state index in [9.17, 15) is 0 Å².